The van der Waals surface area contributed by atoms with Crippen molar-refractivity contribution >= 4 is 0 Å². The van der Waals surface area contributed by atoms with Crippen molar-refractivity contribution in [2.75, 3.05) is 20.1 Å². The van der Waals surface area contributed by atoms with Crippen LogP contribution in [0.15, 0.2) is 16.7 Å². The molecule has 1 aromatic heterocycles. The number of likely N-dealkylation sites (tertiary alicyclic amines) is 1. The predicted molar refractivity (Wildman–Crippen MR) is 85.2 cm³/mol. The first-order valence-corrected chi connectivity index (χ1v) is 8.36. The Labute approximate surface area is 128 Å². The van der Waals surface area contributed by atoms with Gasteiger partial charge >= 0.3 is 0 Å². The van der Waals surface area contributed by atoms with Crippen molar-refractivity contribution in [3.05, 3.63) is 23.7 Å². The van der Waals surface area contributed by atoms with Gasteiger partial charge in [-0.25, -0.2) is 0 Å². The molecule has 0 radical (unpaired) electrons. The molecule has 4 nitrogen and oxygen atoms in total. The number of likely N-dealkylation sites (N-methyl/N-ethyl adjacent to an activating group) is 1. The molecule has 2 fully saturated rings. The largest absolute Gasteiger partial charge is 0.468 e. The average Bonchev–Trinajstić information content (AvgIpc) is 2.96. The lowest BCUT2D eigenvalue weighted by Crippen LogP contribution is -2.36. The van der Waals surface area contributed by atoms with Gasteiger partial charge < -0.3 is 9.73 Å². The molecule has 0 spiro atoms. The van der Waals surface area contributed by atoms with Crippen molar-refractivity contribution in [1.29, 1.82) is 0 Å². The monoisotopic (exact) mass is 291 g/mol. The molecule has 2 aliphatic rings. The topological polar surface area (TPSA) is 31.7 Å². The zero-order valence-corrected chi connectivity index (χ0v) is 13.6. The number of hydrogen-bond acceptors (Lipinski definition) is 4. The van der Waals surface area contributed by atoms with E-state index >= 15 is 0 Å². The first-order valence-electron chi connectivity index (χ1n) is 8.36. The Balaban J connectivity index is 1.54. The third-order valence-corrected chi connectivity index (χ3v) is 5.03. The second-order valence-corrected chi connectivity index (χ2v) is 7.03. The van der Waals surface area contributed by atoms with Gasteiger partial charge in [0.05, 0.1) is 12.8 Å². The quantitative estimate of drug-likeness (QED) is 0.903. The molecular weight excluding hydrogens is 262 g/mol. The molecule has 2 bridgehead atoms. The minimum atomic E-state index is 0.514. The number of furan rings is 1. The SMILES string of the molecule is CC(C)NCc1coc(CN2CCC3CCC(C2)N3C)c1. The van der Waals surface area contributed by atoms with Gasteiger partial charge in [0.25, 0.3) is 0 Å². The summed E-state index contributed by atoms with van der Waals surface area (Å²) in [6, 6.07) is 4.28. The Morgan fingerprint density at radius 3 is 2.90 bits per heavy atom. The second kappa shape index (κ2) is 6.51. The molecule has 1 aromatic rings. The number of fused-ring (bicyclic) bond motifs is 2. The summed E-state index contributed by atoms with van der Waals surface area (Å²) < 4.78 is 5.75. The van der Waals surface area contributed by atoms with Crippen molar-refractivity contribution in [1.82, 2.24) is 15.1 Å². The lowest BCUT2D eigenvalue weighted by molar-refractivity contribution is 0.205. The maximum atomic E-state index is 5.75. The summed E-state index contributed by atoms with van der Waals surface area (Å²) in [6.07, 6.45) is 5.95. The van der Waals surface area contributed by atoms with Crippen LogP contribution in [0.2, 0.25) is 0 Å². The van der Waals surface area contributed by atoms with Crippen LogP contribution in [-0.4, -0.2) is 48.1 Å². The molecule has 2 unspecified atom stereocenters. The number of nitrogens with one attached hydrogen (secondary N) is 1. The van der Waals surface area contributed by atoms with Crippen LogP contribution in [-0.2, 0) is 13.1 Å². The highest BCUT2D eigenvalue weighted by molar-refractivity contribution is 5.13. The Bertz CT molecular complexity index is 457. The summed E-state index contributed by atoms with van der Waals surface area (Å²) in [5, 5.41) is 3.44. The maximum Gasteiger partial charge on any atom is 0.118 e. The van der Waals surface area contributed by atoms with Gasteiger partial charge in [0, 0.05) is 43.3 Å². The van der Waals surface area contributed by atoms with E-state index in [1.165, 1.54) is 37.9 Å². The fraction of sp³-hybridized carbons (Fsp3) is 0.765. The van der Waals surface area contributed by atoms with Crippen molar-refractivity contribution in [2.45, 2.75) is 64.3 Å². The molecule has 1 N–H and O–H groups in total. The summed E-state index contributed by atoms with van der Waals surface area (Å²) in [4.78, 5) is 5.17. The molecule has 3 heterocycles. The van der Waals surface area contributed by atoms with Crippen molar-refractivity contribution < 1.29 is 4.42 Å². The Hall–Kier alpha value is -0.840. The highest BCUT2D eigenvalue weighted by Crippen LogP contribution is 2.29. The van der Waals surface area contributed by atoms with Gasteiger partial charge in [0.2, 0.25) is 0 Å². The maximum absolute atomic E-state index is 5.75. The van der Waals surface area contributed by atoms with Gasteiger partial charge in [-0.1, -0.05) is 13.8 Å². The standard InChI is InChI=1S/C17H29N3O/c1-13(2)18-9-14-8-17(21-12-14)11-20-7-6-15-4-5-16(10-20)19(15)3/h8,12-13,15-16,18H,4-7,9-11H2,1-3H3. The van der Waals surface area contributed by atoms with E-state index in [0.717, 1.165) is 30.9 Å². The molecule has 21 heavy (non-hydrogen) atoms. The molecule has 3 rings (SSSR count). The summed E-state index contributed by atoms with van der Waals surface area (Å²) in [6.45, 7) is 8.58. The first kappa shape index (κ1) is 15.1. The predicted octanol–water partition coefficient (Wildman–Crippen LogP) is 2.45. The lowest BCUT2D eigenvalue weighted by atomic mass is 10.1. The summed E-state index contributed by atoms with van der Waals surface area (Å²) in [5.74, 6) is 1.11. The fourth-order valence-corrected chi connectivity index (χ4v) is 3.67. The van der Waals surface area contributed by atoms with Gasteiger partial charge in [-0.2, -0.15) is 0 Å². The van der Waals surface area contributed by atoms with Crippen LogP contribution in [0, 0.1) is 0 Å². The highest BCUT2D eigenvalue weighted by Gasteiger charge is 2.34. The van der Waals surface area contributed by atoms with E-state index in [4.69, 9.17) is 4.42 Å². The van der Waals surface area contributed by atoms with Crippen LogP contribution >= 0.6 is 0 Å². The minimum absolute atomic E-state index is 0.514. The van der Waals surface area contributed by atoms with E-state index in [1.807, 2.05) is 6.26 Å². The van der Waals surface area contributed by atoms with E-state index in [1.54, 1.807) is 0 Å². The molecule has 0 aliphatic carbocycles. The van der Waals surface area contributed by atoms with Crippen LogP contribution < -0.4 is 5.32 Å². The summed E-state index contributed by atoms with van der Waals surface area (Å²) >= 11 is 0. The minimum Gasteiger partial charge on any atom is -0.468 e. The first-order chi connectivity index (χ1) is 10.1. The van der Waals surface area contributed by atoms with Gasteiger partial charge in [0.1, 0.15) is 5.76 Å². The molecule has 0 saturated carbocycles. The summed E-state index contributed by atoms with van der Waals surface area (Å²) in [5.41, 5.74) is 1.26. The van der Waals surface area contributed by atoms with Crippen LogP contribution in [0.1, 0.15) is 44.4 Å². The van der Waals surface area contributed by atoms with E-state index in [-0.39, 0.29) is 0 Å². The molecule has 0 aromatic carbocycles. The summed E-state index contributed by atoms with van der Waals surface area (Å²) in [7, 11) is 2.30. The normalized spacial score (nSPS) is 27.4. The molecule has 118 valence electrons. The molecule has 4 heteroatoms. The number of rotatable bonds is 5. The average molecular weight is 291 g/mol. The molecular formula is C17H29N3O. The lowest BCUT2D eigenvalue weighted by Gasteiger charge is -2.24. The molecule has 2 saturated heterocycles. The van der Waals surface area contributed by atoms with Gasteiger partial charge in [0.15, 0.2) is 0 Å². The Kier molecular flexibility index (Phi) is 4.67. The van der Waals surface area contributed by atoms with Gasteiger partial charge in [-0.15, -0.1) is 0 Å². The van der Waals surface area contributed by atoms with Crippen LogP contribution in [0.5, 0.6) is 0 Å². The van der Waals surface area contributed by atoms with Gasteiger partial charge in [-0.3, -0.25) is 9.80 Å². The zero-order valence-electron chi connectivity index (χ0n) is 13.6. The Morgan fingerprint density at radius 1 is 1.29 bits per heavy atom. The van der Waals surface area contributed by atoms with Crippen LogP contribution in [0.3, 0.4) is 0 Å². The molecule has 0 amide bonds. The van der Waals surface area contributed by atoms with Gasteiger partial charge in [-0.05, 0) is 32.4 Å². The third kappa shape index (κ3) is 3.68. The second-order valence-electron chi connectivity index (χ2n) is 7.03. The number of hydrogen-bond donors (Lipinski definition) is 1. The Morgan fingerprint density at radius 2 is 2.10 bits per heavy atom. The fourth-order valence-electron chi connectivity index (χ4n) is 3.67. The zero-order chi connectivity index (χ0) is 14.8. The highest BCUT2D eigenvalue weighted by atomic mass is 16.3. The number of nitrogens with zero attached hydrogens (tertiary/aromatic N) is 2. The van der Waals surface area contributed by atoms with Crippen molar-refractivity contribution in [2.24, 2.45) is 0 Å². The van der Waals surface area contributed by atoms with E-state index in [2.05, 4.69) is 42.1 Å². The third-order valence-electron chi connectivity index (χ3n) is 5.03. The smallest absolute Gasteiger partial charge is 0.118 e. The van der Waals surface area contributed by atoms with Crippen molar-refractivity contribution in [3.63, 3.8) is 0 Å². The molecule has 2 aliphatic heterocycles. The molecule has 2 atom stereocenters. The van der Waals surface area contributed by atoms with Crippen LogP contribution in [0.25, 0.3) is 0 Å². The van der Waals surface area contributed by atoms with E-state index in [9.17, 15) is 0 Å². The van der Waals surface area contributed by atoms with E-state index < -0.39 is 0 Å². The van der Waals surface area contributed by atoms with Crippen LogP contribution in [0.4, 0.5) is 0 Å². The van der Waals surface area contributed by atoms with Crippen molar-refractivity contribution in [3.8, 4) is 0 Å². The van der Waals surface area contributed by atoms with E-state index in [0.29, 0.717) is 6.04 Å².